The number of allylic oxidation sites excluding steroid dienone is 2. The van der Waals surface area contributed by atoms with Gasteiger partial charge in [-0.2, -0.15) is 13.2 Å². The minimum absolute atomic E-state index is 0.00277. The van der Waals surface area contributed by atoms with Crippen LogP contribution in [0.2, 0.25) is 0 Å². The number of alkyl halides is 3. The van der Waals surface area contributed by atoms with E-state index in [1.54, 1.807) is 12.1 Å². The van der Waals surface area contributed by atoms with E-state index in [4.69, 9.17) is 0 Å². The smallest absolute Gasteiger partial charge is 0.334 e. The molecule has 0 N–H and O–H groups in total. The van der Waals surface area contributed by atoms with Crippen molar-refractivity contribution in [2.75, 3.05) is 4.90 Å². The molecule has 1 heterocycles. The van der Waals surface area contributed by atoms with Crippen molar-refractivity contribution in [3.63, 3.8) is 0 Å². The van der Waals surface area contributed by atoms with E-state index in [0.29, 0.717) is 5.69 Å². The Kier molecular flexibility index (Phi) is 11.7. The molecule has 5 heteroatoms. The van der Waals surface area contributed by atoms with Crippen molar-refractivity contribution in [3.05, 3.63) is 312 Å². The fourth-order valence-electron chi connectivity index (χ4n) is 12.0. The predicted molar refractivity (Wildman–Crippen MR) is 315 cm³/mol. The summed E-state index contributed by atoms with van der Waals surface area (Å²) in [5.41, 5.74) is 19.4. The SMILES string of the molecule is C=Cc1ccc(-c2ccc3c(c2)c2cc(-c4ccc(N(c5ccc6c(c5)C(c5ccccc5)(c5ccc(C=C)cc5)c5ccccc5-6)C5C=CC(c6ccccc6)=CC5)cc4)ccc2n3-c2ccc(C(F)(F)F)cc2)cc1. The number of hydrogen-bond donors (Lipinski definition) is 0. The second kappa shape index (κ2) is 19.0. The maximum absolute atomic E-state index is 13.8. The molecule has 0 saturated heterocycles. The van der Waals surface area contributed by atoms with Crippen LogP contribution in [0.3, 0.4) is 0 Å². The number of fused-ring (bicyclic) bond motifs is 6. The van der Waals surface area contributed by atoms with Crippen LogP contribution < -0.4 is 4.90 Å². The van der Waals surface area contributed by atoms with E-state index in [0.717, 1.165) is 85.1 Å². The minimum atomic E-state index is -4.44. The standard InChI is InChI=1S/C72H51F3N2/c1-3-48-19-23-52(24-20-48)54-29-43-69-65(45-54)66-46-55(30-44-70(66)77(69)61-39-33-58(34-40-61)72(73,74)75)53-27-37-60(38-28-53)76(59-35-25-51(26-36-59)50-13-7-5-8-14-50)62-41-42-64-63-17-11-12-18-67(63)71(68(64)47-62,56-15-9-6-10-16-56)57-31-21-49(4-2)22-32-57/h3-35,37-47,59H,1-2,36H2. The summed E-state index contributed by atoms with van der Waals surface area (Å²) in [6, 6.07) is 81.7. The number of halogens is 3. The first kappa shape index (κ1) is 47.3. The van der Waals surface area contributed by atoms with Crippen LogP contribution in [0.5, 0.6) is 0 Å². The van der Waals surface area contributed by atoms with Crippen LogP contribution in [0.1, 0.15) is 50.9 Å². The normalized spacial score (nSPS) is 15.7. The van der Waals surface area contributed by atoms with Crippen LogP contribution in [0.15, 0.2) is 268 Å². The number of hydrogen-bond acceptors (Lipinski definition) is 1. The van der Waals surface area contributed by atoms with E-state index in [1.807, 2.05) is 12.2 Å². The lowest BCUT2D eigenvalue weighted by atomic mass is 9.67. The molecule has 2 aliphatic rings. The molecule has 0 amide bonds. The maximum atomic E-state index is 13.8. The summed E-state index contributed by atoms with van der Waals surface area (Å²) in [6.07, 6.45) is 7.06. The topological polar surface area (TPSA) is 8.17 Å². The van der Waals surface area contributed by atoms with Gasteiger partial charge in [0, 0.05) is 27.8 Å². The van der Waals surface area contributed by atoms with E-state index in [-0.39, 0.29) is 6.04 Å². The highest BCUT2D eigenvalue weighted by Gasteiger charge is 2.46. The van der Waals surface area contributed by atoms with Gasteiger partial charge in [0.2, 0.25) is 0 Å². The van der Waals surface area contributed by atoms with Gasteiger partial charge in [-0.25, -0.2) is 0 Å². The lowest BCUT2D eigenvalue weighted by Crippen LogP contribution is -2.31. The van der Waals surface area contributed by atoms with Crippen LogP contribution in [-0.4, -0.2) is 10.6 Å². The highest BCUT2D eigenvalue weighted by atomic mass is 19.4. The average molecular weight is 1000 g/mol. The lowest BCUT2D eigenvalue weighted by Gasteiger charge is -2.36. The van der Waals surface area contributed by atoms with E-state index in [1.165, 1.54) is 44.5 Å². The third-order valence-corrected chi connectivity index (χ3v) is 15.8. The largest absolute Gasteiger partial charge is 0.416 e. The number of aromatic nitrogens is 1. The molecule has 0 saturated carbocycles. The van der Waals surface area contributed by atoms with Gasteiger partial charge in [0.15, 0.2) is 0 Å². The lowest BCUT2D eigenvalue weighted by molar-refractivity contribution is -0.137. The van der Waals surface area contributed by atoms with Crippen molar-refractivity contribution < 1.29 is 13.2 Å². The van der Waals surface area contributed by atoms with E-state index < -0.39 is 17.2 Å². The molecule has 0 fully saturated rings. The van der Waals surface area contributed by atoms with Crippen LogP contribution in [0, 0.1) is 0 Å². The van der Waals surface area contributed by atoms with Crippen molar-refractivity contribution in [1.29, 1.82) is 0 Å². The van der Waals surface area contributed by atoms with Crippen molar-refractivity contribution in [1.82, 2.24) is 4.57 Å². The van der Waals surface area contributed by atoms with Gasteiger partial charge in [0.25, 0.3) is 0 Å². The quantitative estimate of drug-likeness (QED) is 0.125. The molecule has 2 nitrogen and oxygen atoms in total. The minimum Gasteiger partial charge on any atom is -0.334 e. The molecule has 77 heavy (non-hydrogen) atoms. The van der Waals surface area contributed by atoms with Crippen LogP contribution in [0.25, 0.3) is 78.6 Å². The van der Waals surface area contributed by atoms with E-state index in [9.17, 15) is 13.2 Å². The third-order valence-electron chi connectivity index (χ3n) is 15.8. The zero-order valence-electron chi connectivity index (χ0n) is 42.1. The first-order valence-electron chi connectivity index (χ1n) is 26.0. The van der Waals surface area contributed by atoms with Gasteiger partial charge in [0.05, 0.1) is 28.1 Å². The van der Waals surface area contributed by atoms with Crippen molar-refractivity contribution in [2.45, 2.75) is 24.1 Å². The number of rotatable bonds is 11. The Balaban J connectivity index is 0.943. The van der Waals surface area contributed by atoms with Crippen molar-refractivity contribution in [2.24, 2.45) is 0 Å². The van der Waals surface area contributed by atoms with Crippen molar-refractivity contribution in [3.8, 4) is 39.1 Å². The Hall–Kier alpha value is -9.45. The van der Waals surface area contributed by atoms with Crippen LogP contribution >= 0.6 is 0 Å². The summed E-state index contributed by atoms with van der Waals surface area (Å²) in [7, 11) is 0. The van der Waals surface area contributed by atoms with Gasteiger partial charge >= 0.3 is 6.18 Å². The Morgan fingerprint density at radius 1 is 0.481 bits per heavy atom. The summed E-state index contributed by atoms with van der Waals surface area (Å²) in [4.78, 5) is 2.49. The van der Waals surface area contributed by atoms with Gasteiger partial charge in [-0.1, -0.05) is 207 Å². The summed E-state index contributed by atoms with van der Waals surface area (Å²) in [6.45, 7) is 7.99. The Morgan fingerprint density at radius 2 is 1.01 bits per heavy atom. The first-order chi connectivity index (χ1) is 37.7. The van der Waals surface area contributed by atoms with E-state index in [2.05, 4.69) is 253 Å². The van der Waals surface area contributed by atoms with Crippen LogP contribution in [0.4, 0.5) is 24.5 Å². The fourth-order valence-corrected chi connectivity index (χ4v) is 12.0. The highest BCUT2D eigenvalue weighted by Crippen LogP contribution is 2.57. The van der Waals surface area contributed by atoms with Gasteiger partial charge in [-0.3, -0.25) is 0 Å². The number of anilines is 2. The molecule has 370 valence electrons. The second-order valence-electron chi connectivity index (χ2n) is 20.0. The molecule has 2 atom stereocenters. The number of benzene rings is 10. The molecule has 11 aromatic rings. The summed E-state index contributed by atoms with van der Waals surface area (Å²) < 4.78 is 43.4. The Bertz CT molecular complexity index is 4110. The van der Waals surface area contributed by atoms with E-state index >= 15 is 0 Å². The summed E-state index contributed by atoms with van der Waals surface area (Å²) >= 11 is 0. The summed E-state index contributed by atoms with van der Waals surface area (Å²) in [5, 5.41) is 2.00. The monoisotopic (exact) mass is 1000 g/mol. The van der Waals surface area contributed by atoms with Gasteiger partial charge in [-0.15, -0.1) is 0 Å². The molecule has 0 radical (unpaired) electrons. The molecule has 13 rings (SSSR count). The molecule has 2 aliphatic carbocycles. The molecule has 0 aliphatic heterocycles. The molecule has 10 aromatic carbocycles. The Morgan fingerprint density at radius 3 is 1.61 bits per heavy atom. The van der Waals surface area contributed by atoms with Gasteiger partial charge in [0.1, 0.15) is 0 Å². The molecular weight excluding hydrogens is 950 g/mol. The molecule has 0 bridgehead atoms. The van der Waals surface area contributed by atoms with Gasteiger partial charge < -0.3 is 9.47 Å². The highest BCUT2D eigenvalue weighted by molar-refractivity contribution is 6.11. The van der Waals surface area contributed by atoms with Gasteiger partial charge in [-0.05, 0) is 157 Å². The summed E-state index contributed by atoms with van der Waals surface area (Å²) in [5.74, 6) is 0. The molecule has 2 unspecified atom stereocenters. The van der Waals surface area contributed by atoms with Crippen molar-refractivity contribution >= 4 is 50.9 Å². The molecule has 0 spiro atoms. The first-order valence-corrected chi connectivity index (χ1v) is 26.0. The predicted octanol–water partition coefficient (Wildman–Crippen LogP) is 19.3. The molecular formula is C72H51F3N2. The second-order valence-corrected chi connectivity index (χ2v) is 20.0. The van der Waals surface area contributed by atoms with Crippen LogP contribution in [-0.2, 0) is 11.6 Å². The fraction of sp³-hybridized carbons (Fsp3) is 0.0556. The zero-order valence-corrected chi connectivity index (χ0v) is 42.1. The maximum Gasteiger partial charge on any atom is 0.416 e. The number of nitrogens with zero attached hydrogens (tertiary/aromatic N) is 2. The Labute approximate surface area is 447 Å². The molecule has 1 aromatic heterocycles. The zero-order chi connectivity index (χ0) is 52.3. The average Bonchev–Trinajstić information content (AvgIpc) is 4.14. The third kappa shape index (κ3) is 8.14.